The summed E-state index contributed by atoms with van der Waals surface area (Å²) >= 11 is 2.02. The van der Waals surface area contributed by atoms with Gasteiger partial charge in [-0.15, -0.1) is 0 Å². The SMILES string of the molecule is Cc1ccc(C(N2CCSCC2)n2nc3ccccc3n2)cc1. The summed E-state index contributed by atoms with van der Waals surface area (Å²) < 4.78 is 0. The molecule has 4 nitrogen and oxygen atoms in total. The van der Waals surface area contributed by atoms with Gasteiger partial charge in [-0.25, -0.2) is 0 Å². The highest BCUT2D eigenvalue weighted by molar-refractivity contribution is 7.99. The Bertz CT molecular complexity index is 757. The first kappa shape index (κ1) is 14.7. The molecule has 0 bridgehead atoms. The highest BCUT2D eigenvalue weighted by atomic mass is 32.2. The molecule has 0 radical (unpaired) electrons. The molecule has 0 aliphatic carbocycles. The fraction of sp³-hybridized carbons (Fsp3) is 0.333. The molecule has 1 aliphatic rings. The number of benzene rings is 2. The number of rotatable bonds is 3. The Morgan fingerprint density at radius 2 is 1.52 bits per heavy atom. The highest BCUT2D eigenvalue weighted by Crippen LogP contribution is 2.26. The summed E-state index contributed by atoms with van der Waals surface area (Å²) in [6.45, 7) is 4.26. The Labute approximate surface area is 140 Å². The van der Waals surface area contributed by atoms with E-state index in [1.54, 1.807) is 0 Å². The van der Waals surface area contributed by atoms with Crippen LogP contribution in [0.1, 0.15) is 17.3 Å². The van der Waals surface area contributed by atoms with Crippen LogP contribution < -0.4 is 0 Å². The molecule has 5 heteroatoms. The maximum Gasteiger partial charge on any atom is 0.149 e. The third kappa shape index (κ3) is 2.99. The van der Waals surface area contributed by atoms with E-state index in [2.05, 4.69) is 36.1 Å². The maximum absolute atomic E-state index is 4.74. The molecule has 118 valence electrons. The van der Waals surface area contributed by atoms with Gasteiger partial charge in [0.05, 0.1) is 0 Å². The fourth-order valence-corrected chi connectivity index (χ4v) is 3.97. The second-order valence-corrected chi connectivity index (χ2v) is 7.17. The van der Waals surface area contributed by atoms with Crippen LogP contribution >= 0.6 is 11.8 Å². The third-order valence-electron chi connectivity index (χ3n) is 4.29. The Kier molecular flexibility index (Phi) is 4.06. The van der Waals surface area contributed by atoms with Gasteiger partial charge >= 0.3 is 0 Å². The third-order valence-corrected chi connectivity index (χ3v) is 5.23. The smallest absolute Gasteiger partial charge is 0.149 e. The van der Waals surface area contributed by atoms with Gasteiger partial charge in [0.1, 0.15) is 17.2 Å². The molecule has 2 heterocycles. The quantitative estimate of drug-likeness (QED) is 0.740. The molecule has 1 aliphatic heterocycles. The lowest BCUT2D eigenvalue weighted by Crippen LogP contribution is -2.40. The van der Waals surface area contributed by atoms with E-state index in [1.165, 1.54) is 22.6 Å². The first-order chi connectivity index (χ1) is 11.3. The molecule has 1 atom stereocenters. The summed E-state index contributed by atoms with van der Waals surface area (Å²) in [5.74, 6) is 2.34. The number of fused-ring (bicyclic) bond motifs is 1. The molecule has 0 N–H and O–H groups in total. The van der Waals surface area contributed by atoms with Crippen molar-refractivity contribution < 1.29 is 0 Å². The van der Waals surface area contributed by atoms with Crippen molar-refractivity contribution in [2.24, 2.45) is 0 Å². The lowest BCUT2D eigenvalue weighted by atomic mass is 10.1. The van der Waals surface area contributed by atoms with E-state index in [1.807, 2.05) is 40.8 Å². The van der Waals surface area contributed by atoms with Crippen molar-refractivity contribution in [2.75, 3.05) is 24.6 Å². The standard InChI is InChI=1S/C18H20N4S/c1-14-6-8-15(9-7-14)18(21-10-12-23-13-11-21)22-19-16-4-2-3-5-17(16)20-22/h2-9,18H,10-13H2,1H3. The Morgan fingerprint density at radius 1 is 0.913 bits per heavy atom. The van der Waals surface area contributed by atoms with Crippen LogP contribution in [0.15, 0.2) is 48.5 Å². The highest BCUT2D eigenvalue weighted by Gasteiger charge is 2.26. The van der Waals surface area contributed by atoms with Gasteiger partial charge in [-0.2, -0.15) is 26.8 Å². The van der Waals surface area contributed by atoms with Crippen LogP contribution in [-0.2, 0) is 0 Å². The van der Waals surface area contributed by atoms with Crippen LogP contribution in [0, 0.1) is 6.92 Å². The minimum atomic E-state index is 0.0731. The van der Waals surface area contributed by atoms with Crippen molar-refractivity contribution in [2.45, 2.75) is 13.1 Å². The molecule has 2 aromatic carbocycles. The molecule has 23 heavy (non-hydrogen) atoms. The number of aromatic nitrogens is 3. The summed E-state index contributed by atoms with van der Waals surface area (Å²) in [5, 5.41) is 9.49. The van der Waals surface area contributed by atoms with Crippen molar-refractivity contribution in [3.63, 3.8) is 0 Å². The van der Waals surface area contributed by atoms with Gasteiger partial charge in [-0.1, -0.05) is 42.0 Å². The number of thioether (sulfide) groups is 1. The van der Waals surface area contributed by atoms with Gasteiger partial charge in [0, 0.05) is 24.6 Å². The number of nitrogens with zero attached hydrogens (tertiary/aromatic N) is 4. The Balaban J connectivity index is 1.78. The number of aryl methyl sites for hydroxylation is 1. The van der Waals surface area contributed by atoms with E-state index >= 15 is 0 Å². The molecule has 1 unspecified atom stereocenters. The number of hydrogen-bond donors (Lipinski definition) is 0. The Hall–Kier alpha value is -1.85. The maximum atomic E-state index is 4.74. The van der Waals surface area contributed by atoms with E-state index in [9.17, 15) is 0 Å². The van der Waals surface area contributed by atoms with Gasteiger partial charge < -0.3 is 0 Å². The van der Waals surface area contributed by atoms with E-state index in [4.69, 9.17) is 10.2 Å². The van der Waals surface area contributed by atoms with Gasteiger partial charge in [0.15, 0.2) is 0 Å². The first-order valence-electron chi connectivity index (χ1n) is 8.01. The Morgan fingerprint density at radius 3 is 2.13 bits per heavy atom. The molecular weight excluding hydrogens is 304 g/mol. The van der Waals surface area contributed by atoms with Gasteiger partial charge in [-0.05, 0) is 24.6 Å². The van der Waals surface area contributed by atoms with Crippen LogP contribution in [0.2, 0.25) is 0 Å². The van der Waals surface area contributed by atoms with Crippen LogP contribution in [0.4, 0.5) is 0 Å². The van der Waals surface area contributed by atoms with Crippen LogP contribution in [-0.4, -0.2) is 44.5 Å². The average Bonchev–Trinajstić information content (AvgIpc) is 3.01. The molecule has 3 aromatic rings. The van der Waals surface area contributed by atoms with Crippen molar-refractivity contribution in [1.82, 2.24) is 19.9 Å². The summed E-state index contributed by atoms with van der Waals surface area (Å²) in [6.07, 6.45) is 0.0731. The molecular formula is C18H20N4S. The van der Waals surface area contributed by atoms with E-state index in [0.29, 0.717) is 0 Å². The second-order valence-electron chi connectivity index (χ2n) is 5.94. The fourth-order valence-electron chi connectivity index (χ4n) is 3.04. The molecule has 1 saturated heterocycles. The van der Waals surface area contributed by atoms with Crippen molar-refractivity contribution >= 4 is 22.8 Å². The molecule has 1 aromatic heterocycles. The van der Waals surface area contributed by atoms with Crippen LogP contribution in [0.25, 0.3) is 11.0 Å². The average molecular weight is 324 g/mol. The van der Waals surface area contributed by atoms with E-state index < -0.39 is 0 Å². The second kappa shape index (κ2) is 6.34. The zero-order valence-corrected chi connectivity index (χ0v) is 14.0. The minimum Gasteiger partial charge on any atom is -0.275 e. The van der Waals surface area contributed by atoms with Crippen LogP contribution in [0.5, 0.6) is 0 Å². The van der Waals surface area contributed by atoms with Crippen molar-refractivity contribution in [1.29, 1.82) is 0 Å². The molecule has 4 rings (SSSR count). The lowest BCUT2D eigenvalue weighted by Gasteiger charge is -2.33. The van der Waals surface area contributed by atoms with Gasteiger partial charge in [0.25, 0.3) is 0 Å². The monoisotopic (exact) mass is 324 g/mol. The predicted octanol–water partition coefficient (Wildman–Crippen LogP) is 3.34. The zero-order valence-electron chi connectivity index (χ0n) is 13.2. The summed E-state index contributed by atoms with van der Waals surface area (Å²) in [7, 11) is 0. The number of hydrogen-bond acceptors (Lipinski definition) is 4. The normalized spacial score (nSPS) is 17.4. The minimum absolute atomic E-state index is 0.0731. The summed E-state index contributed by atoms with van der Waals surface area (Å²) in [6, 6.07) is 16.8. The lowest BCUT2D eigenvalue weighted by molar-refractivity contribution is 0.162. The zero-order chi connectivity index (χ0) is 15.6. The summed E-state index contributed by atoms with van der Waals surface area (Å²) in [5.41, 5.74) is 4.44. The molecule has 1 fully saturated rings. The van der Waals surface area contributed by atoms with Crippen molar-refractivity contribution in [3.8, 4) is 0 Å². The molecule has 0 spiro atoms. The topological polar surface area (TPSA) is 34.0 Å². The molecule has 0 amide bonds. The van der Waals surface area contributed by atoms with Gasteiger partial charge in [0.2, 0.25) is 0 Å². The van der Waals surface area contributed by atoms with Crippen molar-refractivity contribution in [3.05, 3.63) is 59.7 Å². The first-order valence-corrected chi connectivity index (χ1v) is 9.17. The van der Waals surface area contributed by atoms with Gasteiger partial charge in [-0.3, -0.25) is 4.90 Å². The largest absolute Gasteiger partial charge is 0.275 e. The molecule has 0 saturated carbocycles. The predicted molar refractivity (Wildman–Crippen MR) is 95.7 cm³/mol. The van der Waals surface area contributed by atoms with E-state index in [-0.39, 0.29) is 6.17 Å². The van der Waals surface area contributed by atoms with Crippen LogP contribution in [0.3, 0.4) is 0 Å². The summed E-state index contributed by atoms with van der Waals surface area (Å²) in [4.78, 5) is 4.38. The van der Waals surface area contributed by atoms with E-state index in [0.717, 1.165) is 24.1 Å².